The summed E-state index contributed by atoms with van der Waals surface area (Å²) in [6.45, 7) is 2.66. The van der Waals surface area contributed by atoms with Gasteiger partial charge in [0, 0.05) is 11.3 Å². The fraction of sp³-hybridized carbons (Fsp3) is 0.312. The number of allylic oxidation sites excluding steroid dienone is 1. The number of carbonyl (C=O) groups is 3. The van der Waals surface area contributed by atoms with Crippen LogP contribution in [0.3, 0.4) is 0 Å². The molecular weight excluding hydrogens is 341 g/mol. The largest absolute Gasteiger partial charge is 0.466 e. The molecule has 1 unspecified atom stereocenters. The van der Waals surface area contributed by atoms with Crippen molar-refractivity contribution in [2.24, 2.45) is 0 Å². The van der Waals surface area contributed by atoms with Crippen molar-refractivity contribution in [3.05, 3.63) is 46.7 Å². The van der Waals surface area contributed by atoms with Gasteiger partial charge in [-0.05, 0) is 25.5 Å². The first-order chi connectivity index (χ1) is 11.6. The predicted octanol–water partition coefficient (Wildman–Crippen LogP) is 1.60. The second kappa shape index (κ2) is 6.23. The minimum absolute atomic E-state index is 0.0484. The van der Waals surface area contributed by atoms with Crippen LogP contribution in [-0.4, -0.2) is 36.6 Å². The molecule has 0 bridgehead atoms. The maximum atomic E-state index is 13.8. The standard InChI is InChI=1S/C16H15F3N2O4/c1-8-6-4-5-7-10(8)12(22)21-15(16(17,18)19)11(13(23)25-3)9(2)20-14(15)24/h4-7H,1-3H3,(H,20,24)(H,21,22). The summed E-state index contributed by atoms with van der Waals surface area (Å²) in [6, 6.07) is 5.93. The van der Waals surface area contributed by atoms with E-state index in [4.69, 9.17) is 0 Å². The van der Waals surface area contributed by atoms with Crippen LogP contribution in [0.5, 0.6) is 0 Å². The zero-order valence-corrected chi connectivity index (χ0v) is 13.6. The number of rotatable bonds is 3. The molecule has 0 fully saturated rings. The van der Waals surface area contributed by atoms with Crippen LogP contribution in [0.4, 0.5) is 13.2 Å². The Kier molecular flexibility index (Phi) is 4.61. The SMILES string of the molecule is COC(=O)C1=C(C)NC(=O)C1(NC(=O)c1ccccc1C)C(F)(F)F. The van der Waals surface area contributed by atoms with Gasteiger partial charge < -0.3 is 15.4 Å². The molecule has 0 radical (unpaired) electrons. The van der Waals surface area contributed by atoms with Crippen LogP contribution in [0.25, 0.3) is 0 Å². The summed E-state index contributed by atoms with van der Waals surface area (Å²) in [5.41, 5.74) is -4.48. The van der Waals surface area contributed by atoms with E-state index < -0.39 is 35.1 Å². The number of ether oxygens (including phenoxy) is 1. The smallest absolute Gasteiger partial charge is 0.425 e. The minimum Gasteiger partial charge on any atom is -0.466 e. The highest BCUT2D eigenvalue weighted by Gasteiger charge is 2.69. The molecule has 25 heavy (non-hydrogen) atoms. The molecule has 2 amide bonds. The van der Waals surface area contributed by atoms with Crippen molar-refractivity contribution in [3.8, 4) is 0 Å². The van der Waals surface area contributed by atoms with Crippen molar-refractivity contribution >= 4 is 17.8 Å². The van der Waals surface area contributed by atoms with Crippen molar-refractivity contribution in [1.29, 1.82) is 0 Å². The summed E-state index contributed by atoms with van der Waals surface area (Å²) in [5, 5.41) is 3.66. The average molecular weight is 356 g/mol. The van der Waals surface area contributed by atoms with E-state index in [1.165, 1.54) is 25.1 Å². The number of carbonyl (C=O) groups excluding carboxylic acids is 3. The Balaban J connectivity index is 2.60. The van der Waals surface area contributed by atoms with E-state index in [-0.39, 0.29) is 11.3 Å². The summed E-state index contributed by atoms with van der Waals surface area (Å²) in [5.74, 6) is -4.07. The Bertz CT molecular complexity index is 786. The lowest BCUT2D eigenvalue weighted by molar-refractivity contribution is -0.188. The van der Waals surface area contributed by atoms with Gasteiger partial charge in [-0.1, -0.05) is 18.2 Å². The molecule has 1 aliphatic heterocycles. The molecular formula is C16H15F3N2O4. The third kappa shape index (κ3) is 2.86. The van der Waals surface area contributed by atoms with Crippen LogP contribution in [0.1, 0.15) is 22.8 Å². The normalized spacial score (nSPS) is 20.3. The monoisotopic (exact) mass is 356 g/mol. The van der Waals surface area contributed by atoms with Gasteiger partial charge in [0.2, 0.25) is 5.54 Å². The Labute approximate surface area is 141 Å². The van der Waals surface area contributed by atoms with E-state index in [0.717, 1.165) is 14.0 Å². The summed E-state index contributed by atoms with van der Waals surface area (Å²) >= 11 is 0. The predicted molar refractivity (Wildman–Crippen MR) is 80.3 cm³/mol. The fourth-order valence-electron chi connectivity index (χ4n) is 2.66. The van der Waals surface area contributed by atoms with Crippen molar-refractivity contribution < 1.29 is 32.3 Å². The summed E-state index contributed by atoms with van der Waals surface area (Å²) in [6.07, 6.45) is -5.27. The number of benzene rings is 1. The Morgan fingerprint density at radius 2 is 1.80 bits per heavy atom. The van der Waals surface area contributed by atoms with E-state index in [0.29, 0.717) is 5.56 Å². The zero-order chi connectivity index (χ0) is 19.0. The molecule has 0 aromatic heterocycles. The van der Waals surface area contributed by atoms with Crippen molar-refractivity contribution in [2.45, 2.75) is 25.6 Å². The van der Waals surface area contributed by atoms with Gasteiger partial charge in [0.05, 0.1) is 7.11 Å². The second-order valence-corrected chi connectivity index (χ2v) is 5.46. The van der Waals surface area contributed by atoms with Gasteiger partial charge in [0.15, 0.2) is 0 Å². The third-order valence-corrected chi connectivity index (χ3v) is 3.90. The highest BCUT2D eigenvalue weighted by Crippen LogP contribution is 2.41. The van der Waals surface area contributed by atoms with Crippen LogP contribution in [-0.2, 0) is 14.3 Å². The van der Waals surface area contributed by atoms with Crippen molar-refractivity contribution in [3.63, 3.8) is 0 Å². The molecule has 1 heterocycles. The molecule has 0 saturated carbocycles. The zero-order valence-electron chi connectivity index (χ0n) is 13.6. The van der Waals surface area contributed by atoms with Crippen LogP contribution >= 0.6 is 0 Å². The molecule has 134 valence electrons. The van der Waals surface area contributed by atoms with E-state index in [9.17, 15) is 27.6 Å². The highest BCUT2D eigenvalue weighted by atomic mass is 19.4. The Hall–Kier alpha value is -2.84. The fourth-order valence-corrected chi connectivity index (χ4v) is 2.66. The molecule has 0 spiro atoms. The molecule has 2 N–H and O–H groups in total. The number of halogens is 3. The molecule has 9 heteroatoms. The van der Waals surface area contributed by atoms with E-state index in [1.807, 2.05) is 5.32 Å². The number of hydrogen-bond donors (Lipinski definition) is 2. The van der Waals surface area contributed by atoms with E-state index >= 15 is 0 Å². The molecule has 1 aromatic rings. The van der Waals surface area contributed by atoms with Gasteiger partial charge in [-0.15, -0.1) is 0 Å². The number of methoxy groups -OCH3 is 1. The number of amides is 2. The topological polar surface area (TPSA) is 84.5 Å². The van der Waals surface area contributed by atoms with Gasteiger partial charge in [-0.3, -0.25) is 9.59 Å². The third-order valence-electron chi connectivity index (χ3n) is 3.90. The Morgan fingerprint density at radius 1 is 1.20 bits per heavy atom. The summed E-state index contributed by atoms with van der Waals surface area (Å²) < 4.78 is 45.9. The second-order valence-electron chi connectivity index (χ2n) is 5.46. The van der Waals surface area contributed by atoms with Crippen molar-refractivity contribution in [1.82, 2.24) is 10.6 Å². The lowest BCUT2D eigenvalue weighted by atomic mass is 9.88. The molecule has 2 rings (SSSR count). The summed E-state index contributed by atoms with van der Waals surface area (Å²) in [4.78, 5) is 36.5. The molecule has 0 saturated heterocycles. The molecule has 1 atom stereocenters. The van der Waals surface area contributed by atoms with Gasteiger partial charge in [-0.25, -0.2) is 4.79 Å². The van der Waals surface area contributed by atoms with Gasteiger partial charge in [0.25, 0.3) is 11.8 Å². The van der Waals surface area contributed by atoms with Crippen molar-refractivity contribution in [2.75, 3.05) is 7.11 Å². The lowest BCUT2D eigenvalue weighted by Gasteiger charge is -2.31. The molecule has 6 nitrogen and oxygen atoms in total. The molecule has 1 aromatic carbocycles. The molecule has 1 aliphatic rings. The first kappa shape index (κ1) is 18.5. The number of alkyl halides is 3. The minimum atomic E-state index is -5.27. The lowest BCUT2D eigenvalue weighted by Crippen LogP contribution is -2.66. The highest BCUT2D eigenvalue weighted by molar-refractivity contribution is 6.11. The number of aryl methyl sites for hydroxylation is 1. The first-order valence-electron chi connectivity index (χ1n) is 7.12. The average Bonchev–Trinajstić information content (AvgIpc) is 2.77. The van der Waals surface area contributed by atoms with E-state index in [1.54, 1.807) is 11.4 Å². The number of nitrogens with one attached hydrogen (secondary N) is 2. The molecule has 0 aliphatic carbocycles. The number of esters is 1. The number of hydrogen-bond acceptors (Lipinski definition) is 4. The maximum absolute atomic E-state index is 13.8. The maximum Gasteiger partial charge on any atom is 0.425 e. The van der Waals surface area contributed by atoms with Crippen LogP contribution in [0.2, 0.25) is 0 Å². The van der Waals surface area contributed by atoms with Gasteiger partial charge >= 0.3 is 12.1 Å². The van der Waals surface area contributed by atoms with Crippen LogP contribution in [0, 0.1) is 6.92 Å². The summed E-state index contributed by atoms with van der Waals surface area (Å²) in [7, 11) is 0.885. The first-order valence-corrected chi connectivity index (χ1v) is 7.12. The van der Waals surface area contributed by atoms with E-state index in [2.05, 4.69) is 4.74 Å². The van der Waals surface area contributed by atoms with Gasteiger partial charge in [-0.2, -0.15) is 13.2 Å². The van der Waals surface area contributed by atoms with Crippen LogP contribution < -0.4 is 10.6 Å². The van der Waals surface area contributed by atoms with Crippen LogP contribution in [0.15, 0.2) is 35.5 Å². The quantitative estimate of drug-likeness (QED) is 0.806. The van der Waals surface area contributed by atoms with Gasteiger partial charge in [0.1, 0.15) is 5.57 Å². The Morgan fingerprint density at radius 3 is 2.32 bits per heavy atom.